The third-order valence-corrected chi connectivity index (χ3v) is 7.02. The van der Waals surface area contributed by atoms with Crippen LogP contribution in [0.15, 0.2) is 0 Å². The Morgan fingerprint density at radius 2 is 0.452 bits per heavy atom. The molecule has 0 aliphatic carbocycles. The van der Waals surface area contributed by atoms with Gasteiger partial charge in [0.25, 0.3) is 0 Å². The molecule has 0 aromatic rings. The maximum Gasteiger partial charge on any atom is 0.109 e. The van der Waals surface area contributed by atoms with Gasteiger partial charge in [0.1, 0.15) is 7.28 Å². The topological polar surface area (TPSA) is 0 Å². The van der Waals surface area contributed by atoms with E-state index in [1.807, 2.05) is 0 Å². The van der Waals surface area contributed by atoms with Crippen LogP contribution in [-0.4, -0.2) is 7.28 Å². The Morgan fingerprint density at radius 1 is 0.258 bits per heavy atom. The van der Waals surface area contributed by atoms with Crippen LogP contribution in [0.4, 0.5) is 0 Å². The van der Waals surface area contributed by atoms with Crippen molar-refractivity contribution in [2.75, 3.05) is 0 Å². The Labute approximate surface area is 200 Å². The zero-order valence-corrected chi connectivity index (χ0v) is 22.4. The predicted octanol–water partition coefficient (Wildman–Crippen LogP) is 11.7. The largest absolute Gasteiger partial charge is 0.109 e. The quantitative estimate of drug-likeness (QED) is 0.0850. The summed E-state index contributed by atoms with van der Waals surface area (Å²) in [6, 6.07) is 0. The van der Waals surface area contributed by atoms with Crippen LogP contribution in [0.3, 0.4) is 0 Å². The molecule has 0 N–H and O–H groups in total. The molecule has 0 atom stereocenters. The van der Waals surface area contributed by atoms with Crippen LogP contribution in [0.2, 0.25) is 12.6 Å². The first-order valence-corrected chi connectivity index (χ1v) is 15.2. The molecule has 0 fully saturated rings. The van der Waals surface area contributed by atoms with E-state index < -0.39 is 0 Å². The zero-order valence-electron chi connectivity index (χ0n) is 22.4. The average Bonchev–Trinajstić information content (AvgIpc) is 2.78. The molecule has 0 aliphatic rings. The van der Waals surface area contributed by atoms with Gasteiger partial charge in [0.15, 0.2) is 0 Å². The number of unbranched alkanes of at least 4 members (excludes halogenated alkanes) is 24. The maximum absolute atomic E-state index is 2.58. The van der Waals surface area contributed by atoms with Crippen molar-refractivity contribution in [2.24, 2.45) is 0 Å². The number of hydrogen-bond acceptors (Lipinski definition) is 0. The van der Waals surface area contributed by atoms with Crippen LogP contribution < -0.4 is 0 Å². The van der Waals surface area contributed by atoms with Gasteiger partial charge in [0, 0.05) is 0 Å². The fraction of sp³-hybridized carbons (Fsp3) is 1.00. The molecular weight excluding hydrogens is 371 g/mol. The van der Waals surface area contributed by atoms with Gasteiger partial charge in [-0.3, -0.25) is 0 Å². The van der Waals surface area contributed by atoms with E-state index in [4.69, 9.17) is 0 Å². The van der Waals surface area contributed by atoms with Crippen molar-refractivity contribution >= 4 is 7.28 Å². The lowest BCUT2D eigenvalue weighted by molar-refractivity contribution is 0.541. The minimum atomic E-state index is 1.37. The highest BCUT2D eigenvalue weighted by atomic mass is 14.0. The first kappa shape index (κ1) is 31.1. The van der Waals surface area contributed by atoms with Crippen LogP contribution >= 0.6 is 0 Å². The molecule has 0 spiro atoms. The first-order valence-electron chi connectivity index (χ1n) is 15.2. The lowest BCUT2D eigenvalue weighted by atomic mass is 9.68. The van der Waals surface area contributed by atoms with Crippen LogP contribution in [0.25, 0.3) is 0 Å². The summed E-state index contributed by atoms with van der Waals surface area (Å²) in [4.78, 5) is 0. The fourth-order valence-electron chi connectivity index (χ4n) is 4.76. The second-order valence-corrected chi connectivity index (χ2v) is 10.4. The Kier molecular flexibility index (Phi) is 30.1. The Bertz CT molecular complexity index is 260. The van der Waals surface area contributed by atoms with Crippen molar-refractivity contribution in [1.82, 2.24) is 0 Å². The normalized spacial score (nSPS) is 11.3. The first-order chi connectivity index (χ1) is 15.4. The van der Waals surface area contributed by atoms with E-state index in [1.54, 1.807) is 0 Å². The SMILES string of the molecule is CCCCCCCCCCCCCCC[B]CCCCCCCCCCCCCCC. The highest BCUT2D eigenvalue weighted by Gasteiger charge is 1.97. The molecule has 0 saturated carbocycles. The van der Waals surface area contributed by atoms with Gasteiger partial charge in [-0.25, -0.2) is 0 Å². The number of rotatable bonds is 28. The Hall–Kier alpha value is 0.0649. The van der Waals surface area contributed by atoms with E-state index in [0.29, 0.717) is 0 Å². The van der Waals surface area contributed by atoms with Crippen molar-refractivity contribution in [3.05, 3.63) is 0 Å². The molecule has 31 heavy (non-hydrogen) atoms. The molecule has 0 aromatic heterocycles. The van der Waals surface area contributed by atoms with E-state index in [-0.39, 0.29) is 0 Å². The van der Waals surface area contributed by atoms with Crippen LogP contribution in [0, 0.1) is 0 Å². The second-order valence-electron chi connectivity index (χ2n) is 10.4. The highest BCUT2D eigenvalue weighted by molar-refractivity contribution is 6.35. The average molecular weight is 434 g/mol. The van der Waals surface area contributed by atoms with E-state index in [2.05, 4.69) is 21.1 Å². The summed E-state index contributed by atoms with van der Waals surface area (Å²) in [5.41, 5.74) is 0. The summed E-state index contributed by atoms with van der Waals surface area (Å²) >= 11 is 0. The van der Waals surface area contributed by atoms with Crippen molar-refractivity contribution < 1.29 is 0 Å². The molecule has 0 nitrogen and oxygen atoms in total. The molecular formula is C30H62B. The third-order valence-electron chi connectivity index (χ3n) is 7.02. The molecule has 1 radical (unpaired) electrons. The summed E-state index contributed by atoms with van der Waals surface area (Å²) < 4.78 is 0. The monoisotopic (exact) mass is 433 g/mol. The molecule has 1 heteroatoms. The summed E-state index contributed by atoms with van der Waals surface area (Å²) in [5, 5.41) is 0. The van der Waals surface area contributed by atoms with Crippen LogP contribution in [-0.2, 0) is 0 Å². The Balaban J connectivity index is 2.98. The van der Waals surface area contributed by atoms with Crippen molar-refractivity contribution in [2.45, 2.75) is 193 Å². The molecule has 0 amide bonds. The van der Waals surface area contributed by atoms with Gasteiger partial charge in [-0.15, -0.1) is 0 Å². The summed E-state index contributed by atoms with van der Waals surface area (Å²) in [6.07, 6.45) is 40.8. The third kappa shape index (κ3) is 30.1. The lowest BCUT2D eigenvalue weighted by Gasteiger charge is -2.04. The second kappa shape index (κ2) is 30.1. The van der Waals surface area contributed by atoms with Gasteiger partial charge in [-0.2, -0.15) is 0 Å². The zero-order chi connectivity index (χ0) is 22.5. The van der Waals surface area contributed by atoms with Crippen LogP contribution in [0.1, 0.15) is 181 Å². The van der Waals surface area contributed by atoms with Crippen LogP contribution in [0.5, 0.6) is 0 Å². The van der Waals surface area contributed by atoms with Crippen molar-refractivity contribution in [3.63, 3.8) is 0 Å². The molecule has 0 aliphatic heterocycles. The summed E-state index contributed by atoms with van der Waals surface area (Å²) in [6.45, 7) is 4.61. The van der Waals surface area contributed by atoms with E-state index in [9.17, 15) is 0 Å². The van der Waals surface area contributed by atoms with Crippen molar-refractivity contribution in [3.8, 4) is 0 Å². The van der Waals surface area contributed by atoms with Gasteiger partial charge in [-0.05, 0) is 0 Å². The molecule has 0 bridgehead atoms. The van der Waals surface area contributed by atoms with Gasteiger partial charge in [0.2, 0.25) is 0 Å². The van der Waals surface area contributed by atoms with E-state index in [0.717, 1.165) is 0 Å². The molecule has 0 saturated heterocycles. The lowest BCUT2D eigenvalue weighted by Crippen LogP contribution is -1.90. The van der Waals surface area contributed by atoms with Gasteiger partial charge in [-0.1, -0.05) is 193 Å². The van der Waals surface area contributed by atoms with E-state index in [1.165, 1.54) is 180 Å². The standard InChI is InChI=1S/C30H62B/c1-3-5-7-9-11-13-15-17-19-21-23-25-27-29-31-30-28-26-24-22-20-18-16-14-12-10-8-6-4-2/h3-30H2,1-2H3. The van der Waals surface area contributed by atoms with E-state index >= 15 is 0 Å². The molecule has 0 rings (SSSR count). The summed E-state index contributed by atoms with van der Waals surface area (Å²) in [7, 11) is 2.58. The minimum absolute atomic E-state index is 1.37. The fourth-order valence-corrected chi connectivity index (χ4v) is 4.76. The maximum atomic E-state index is 2.58. The Morgan fingerprint density at radius 3 is 0.677 bits per heavy atom. The summed E-state index contributed by atoms with van der Waals surface area (Å²) in [5.74, 6) is 0. The smallest absolute Gasteiger partial charge is 0.0803 e. The molecule has 0 aromatic carbocycles. The van der Waals surface area contributed by atoms with Gasteiger partial charge in [0.05, 0.1) is 0 Å². The minimum Gasteiger partial charge on any atom is -0.0803 e. The molecule has 0 unspecified atom stereocenters. The number of hydrogen-bond donors (Lipinski definition) is 0. The molecule has 0 heterocycles. The molecule has 185 valence electrons. The van der Waals surface area contributed by atoms with Crippen molar-refractivity contribution in [1.29, 1.82) is 0 Å². The van der Waals surface area contributed by atoms with Gasteiger partial charge >= 0.3 is 0 Å². The van der Waals surface area contributed by atoms with Gasteiger partial charge < -0.3 is 0 Å². The highest BCUT2D eigenvalue weighted by Crippen LogP contribution is 2.15. The predicted molar refractivity (Wildman–Crippen MR) is 147 cm³/mol.